The van der Waals surface area contributed by atoms with Crippen molar-refractivity contribution in [2.24, 2.45) is 5.92 Å². The molecule has 33 heavy (non-hydrogen) atoms. The summed E-state index contributed by atoms with van der Waals surface area (Å²) in [5, 5.41) is 2.73. The summed E-state index contributed by atoms with van der Waals surface area (Å²) < 4.78 is 0. The van der Waals surface area contributed by atoms with E-state index in [2.05, 4.69) is 108 Å². The standard InChI is InChI=1S/C32H41N/c1-8-13-15-25-16-18-30-26(20-25)21-27-22-28(33(11-4)12-5)17-19-31(27)32(30)29(10-3)24(7)23(6)14-9-2/h9-10,14-20,22,24H,2,8,11-13,21H2,1,3-7H3/b23-14?,25-15-,29-10+. The van der Waals surface area contributed by atoms with Gasteiger partial charge in [-0.3, -0.25) is 0 Å². The molecule has 1 aliphatic carbocycles. The first-order chi connectivity index (χ1) is 16.0. The second-order valence-corrected chi connectivity index (χ2v) is 9.09. The SMILES string of the molecule is C=CC=C(C)C(C)/C(=C\C)C1=c2cc/c(=C/CCC)cc2Cc2cc(N(CC)CC)ccc21. The number of hydrogen-bond donors (Lipinski definition) is 0. The van der Waals surface area contributed by atoms with Gasteiger partial charge >= 0.3 is 0 Å². The first-order valence-electron chi connectivity index (χ1n) is 12.7. The maximum absolute atomic E-state index is 3.92. The van der Waals surface area contributed by atoms with Crippen molar-refractivity contribution >= 4 is 17.3 Å². The van der Waals surface area contributed by atoms with Crippen LogP contribution in [0.2, 0.25) is 0 Å². The maximum atomic E-state index is 3.92. The number of hydrogen-bond acceptors (Lipinski definition) is 1. The van der Waals surface area contributed by atoms with Gasteiger partial charge in [-0.05, 0) is 90.9 Å². The molecule has 0 spiro atoms. The van der Waals surface area contributed by atoms with E-state index >= 15 is 0 Å². The molecule has 0 radical (unpaired) electrons. The van der Waals surface area contributed by atoms with Crippen LogP contribution in [0.15, 0.2) is 72.4 Å². The number of unbranched alkanes of at least 4 members (excludes halogenated alkanes) is 1. The highest BCUT2D eigenvalue weighted by atomic mass is 15.1. The van der Waals surface area contributed by atoms with E-state index in [1.807, 2.05) is 6.08 Å². The zero-order valence-electron chi connectivity index (χ0n) is 21.5. The van der Waals surface area contributed by atoms with Gasteiger partial charge in [-0.25, -0.2) is 0 Å². The first-order valence-corrected chi connectivity index (χ1v) is 12.7. The molecule has 1 heteroatoms. The van der Waals surface area contributed by atoms with Crippen molar-refractivity contribution in [2.45, 2.75) is 60.8 Å². The Morgan fingerprint density at radius 1 is 1.06 bits per heavy atom. The molecular formula is C32H41N. The summed E-state index contributed by atoms with van der Waals surface area (Å²) in [7, 11) is 0. The van der Waals surface area contributed by atoms with Crippen molar-refractivity contribution < 1.29 is 0 Å². The van der Waals surface area contributed by atoms with Crippen LogP contribution in [0, 0.1) is 5.92 Å². The van der Waals surface area contributed by atoms with Crippen LogP contribution in [0.25, 0.3) is 11.6 Å². The fraction of sp³-hybridized carbons (Fsp3) is 0.375. The molecule has 0 N–H and O–H groups in total. The number of nitrogens with zero attached hydrogens (tertiary/aromatic N) is 1. The minimum atomic E-state index is 0.329. The van der Waals surface area contributed by atoms with Crippen molar-refractivity contribution in [1.29, 1.82) is 0 Å². The van der Waals surface area contributed by atoms with Gasteiger partial charge in [0.2, 0.25) is 0 Å². The van der Waals surface area contributed by atoms with Crippen molar-refractivity contribution in [1.82, 2.24) is 0 Å². The molecule has 0 aliphatic heterocycles. The average Bonchev–Trinajstić information content (AvgIpc) is 2.83. The van der Waals surface area contributed by atoms with Crippen LogP contribution in [0.3, 0.4) is 0 Å². The summed E-state index contributed by atoms with van der Waals surface area (Å²) in [6.45, 7) is 19.4. The second-order valence-electron chi connectivity index (χ2n) is 9.09. The third-order valence-electron chi connectivity index (χ3n) is 7.06. The summed E-state index contributed by atoms with van der Waals surface area (Å²) in [6.07, 6.45) is 12.0. The Hall–Kier alpha value is -2.80. The molecule has 2 aromatic rings. The Labute approximate surface area is 201 Å². The van der Waals surface area contributed by atoms with Crippen LogP contribution in [0.1, 0.15) is 71.1 Å². The lowest BCUT2D eigenvalue weighted by Gasteiger charge is -2.28. The monoisotopic (exact) mass is 439 g/mol. The van der Waals surface area contributed by atoms with E-state index in [4.69, 9.17) is 0 Å². The first kappa shape index (κ1) is 24.8. The van der Waals surface area contributed by atoms with Gasteiger partial charge in [-0.1, -0.05) is 81.0 Å². The molecule has 1 nitrogen and oxygen atoms in total. The largest absolute Gasteiger partial charge is 0.372 e. The Morgan fingerprint density at radius 3 is 2.45 bits per heavy atom. The molecule has 0 heterocycles. The van der Waals surface area contributed by atoms with Gasteiger partial charge in [-0.15, -0.1) is 0 Å². The molecule has 1 atom stereocenters. The van der Waals surface area contributed by atoms with Crippen molar-refractivity contribution in [3.05, 3.63) is 99.5 Å². The predicted octanol–water partition coefficient (Wildman–Crippen LogP) is 6.93. The normalized spacial score (nSPS) is 15.2. The Morgan fingerprint density at radius 2 is 1.82 bits per heavy atom. The van der Waals surface area contributed by atoms with Gasteiger partial charge in [0.05, 0.1) is 0 Å². The van der Waals surface area contributed by atoms with Crippen LogP contribution >= 0.6 is 0 Å². The molecule has 0 fully saturated rings. The van der Waals surface area contributed by atoms with Gasteiger partial charge in [0.25, 0.3) is 0 Å². The average molecular weight is 440 g/mol. The fourth-order valence-corrected chi connectivity index (χ4v) is 5.05. The van der Waals surface area contributed by atoms with Crippen LogP contribution in [0.5, 0.6) is 0 Å². The number of allylic oxidation sites excluding steroid dienone is 5. The topological polar surface area (TPSA) is 3.24 Å². The summed E-state index contributed by atoms with van der Waals surface area (Å²) in [5.41, 5.74) is 9.72. The lowest BCUT2D eigenvalue weighted by atomic mass is 9.78. The van der Waals surface area contributed by atoms with E-state index in [0.29, 0.717) is 5.92 Å². The smallest absolute Gasteiger partial charge is 0.0369 e. The van der Waals surface area contributed by atoms with Crippen LogP contribution in [-0.4, -0.2) is 13.1 Å². The van der Waals surface area contributed by atoms with Gasteiger partial charge in [0, 0.05) is 24.7 Å². The zero-order chi connectivity index (χ0) is 24.0. The molecule has 0 saturated carbocycles. The second kappa shape index (κ2) is 11.4. The number of fused-ring (bicyclic) bond motifs is 2. The molecule has 3 rings (SSSR count). The van der Waals surface area contributed by atoms with Crippen molar-refractivity contribution in [2.75, 3.05) is 18.0 Å². The molecular weight excluding hydrogens is 398 g/mol. The predicted molar refractivity (Wildman–Crippen MR) is 147 cm³/mol. The molecule has 1 aliphatic rings. The Balaban J connectivity index is 2.29. The van der Waals surface area contributed by atoms with Crippen molar-refractivity contribution in [3.8, 4) is 0 Å². The van der Waals surface area contributed by atoms with Crippen LogP contribution in [-0.2, 0) is 6.42 Å². The fourth-order valence-electron chi connectivity index (χ4n) is 5.05. The molecule has 0 aromatic heterocycles. The molecule has 174 valence electrons. The molecule has 0 saturated heterocycles. The molecule has 0 bridgehead atoms. The summed E-state index contributed by atoms with van der Waals surface area (Å²) in [5.74, 6) is 0.329. The highest BCUT2D eigenvalue weighted by Crippen LogP contribution is 2.36. The highest BCUT2D eigenvalue weighted by molar-refractivity contribution is 5.84. The van der Waals surface area contributed by atoms with Gasteiger partial charge in [0.15, 0.2) is 0 Å². The lowest BCUT2D eigenvalue weighted by molar-refractivity contribution is 0.822. The number of anilines is 1. The molecule has 2 aromatic carbocycles. The van der Waals surface area contributed by atoms with E-state index in [0.717, 1.165) is 25.9 Å². The molecule has 1 unspecified atom stereocenters. The van der Waals surface area contributed by atoms with Gasteiger partial charge < -0.3 is 4.90 Å². The molecule has 0 amide bonds. The summed E-state index contributed by atoms with van der Waals surface area (Å²) >= 11 is 0. The Kier molecular flexibility index (Phi) is 8.55. The zero-order valence-corrected chi connectivity index (χ0v) is 21.5. The van der Waals surface area contributed by atoms with E-state index in [1.54, 1.807) is 0 Å². The number of rotatable bonds is 9. The minimum absolute atomic E-state index is 0.329. The summed E-state index contributed by atoms with van der Waals surface area (Å²) in [4.78, 5) is 2.44. The third-order valence-corrected chi connectivity index (χ3v) is 7.06. The quantitative estimate of drug-likeness (QED) is 0.383. The minimum Gasteiger partial charge on any atom is -0.372 e. The van der Waals surface area contributed by atoms with Gasteiger partial charge in [-0.2, -0.15) is 0 Å². The van der Waals surface area contributed by atoms with E-state index in [1.165, 1.54) is 56.0 Å². The Bertz CT molecular complexity index is 1170. The van der Waals surface area contributed by atoms with E-state index < -0.39 is 0 Å². The third kappa shape index (κ3) is 5.24. The highest BCUT2D eigenvalue weighted by Gasteiger charge is 2.23. The van der Waals surface area contributed by atoms with Gasteiger partial charge in [0.1, 0.15) is 0 Å². The van der Waals surface area contributed by atoms with E-state index in [-0.39, 0.29) is 0 Å². The van der Waals surface area contributed by atoms with Crippen molar-refractivity contribution in [3.63, 3.8) is 0 Å². The van der Waals surface area contributed by atoms with Crippen LogP contribution < -0.4 is 15.3 Å². The maximum Gasteiger partial charge on any atom is 0.0369 e. The van der Waals surface area contributed by atoms with Crippen LogP contribution in [0.4, 0.5) is 5.69 Å². The van der Waals surface area contributed by atoms with E-state index in [9.17, 15) is 0 Å². The summed E-state index contributed by atoms with van der Waals surface area (Å²) in [6, 6.07) is 14.2. The lowest BCUT2D eigenvalue weighted by Crippen LogP contribution is -2.26. The number of benzene rings is 2.